The molecule has 6 nitrogen and oxygen atoms in total. The van der Waals surface area contributed by atoms with E-state index in [1.165, 1.54) is 57.0 Å². The summed E-state index contributed by atoms with van der Waals surface area (Å²) in [6.07, 6.45) is 7.98. The number of piperidine rings is 2. The Kier molecular flexibility index (Phi) is 19.1. The van der Waals surface area contributed by atoms with Crippen LogP contribution >= 0.6 is 15.9 Å². The van der Waals surface area contributed by atoms with Gasteiger partial charge in [0.1, 0.15) is 0 Å². The van der Waals surface area contributed by atoms with Crippen molar-refractivity contribution in [2.24, 2.45) is 11.8 Å². The smallest absolute Gasteiger partial charge is 0.305 e. The first-order valence-electron chi connectivity index (χ1n) is 16.8. The minimum absolute atomic E-state index is 0. The number of hydrogen-bond donors (Lipinski definition) is 1. The number of anilines is 1. The van der Waals surface area contributed by atoms with Gasteiger partial charge in [-0.1, -0.05) is 81.7 Å². The number of nitrogens with two attached hydrogens (primary N) is 1. The summed E-state index contributed by atoms with van der Waals surface area (Å²) < 4.78 is 10.5. The molecule has 2 fully saturated rings. The normalized spacial score (nSPS) is 15.7. The van der Waals surface area contributed by atoms with Crippen molar-refractivity contribution in [3.8, 4) is 0 Å². The lowest BCUT2D eigenvalue weighted by Crippen LogP contribution is -3.00. The predicted octanol–water partition coefficient (Wildman–Crippen LogP) is 4.82. The first-order chi connectivity index (χ1) is 21.2. The number of halogens is 2. The van der Waals surface area contributed by atoms with Crippen LogP contribution in [0.15, 0.2) is 53.0 Å². The van der Waals surface area contributed by atoms with Gasteiger partial charge in [-0.15, -0.1) is 0 Å². The van der Waals surface area contributed by atoms with Gasteiger partial charge < -0.3 is 32.1 Å². The lowest BCUT2D eigenvalue weighted by atomic mass is 9.87. The van der Waals surface area contributed by atoms with E-state index in [1.807, 2.05) is 0 Å². The van der Waals surface area contributed by atoms with Gasteiger partial charge in [-0.2, -0.15) is 0 Å². The quantitative estimate of drug-likeness (QED) is 0.416. The topological polar surface area (TPSA) is 72.4 Å². The Hall–Kier alpha value is -2.09. The fourth-order valence-corrected chi connectivity index (χ4v) is 6.00. The van der Waals surface area contributed by atoms with Gasteiger partial charge in [0.2, 0.25) is 0 Å². The van der Waals surface area contributed by atoms with Crippen molar-refractivity contribution in [1.29, 1.82) is 0 Å². The van der Waals surface area contributed by atoms with Crippen LogP contribution in [0.2, 0.25) is 0 Å². The number of esters is 2. The van der Waals surface area contributed by atoms with Crippen LogP contribution in [-0.2, 0) is 29.9 Å². The second-order valence-electron chi connectivity index (χ2n) is 14.5. The van der Waals surface area contributed by atoms with Gasteiger partial charge in [0.25, 0.3) is 0 Å². The van der Waals surface area contributed by atoms with Crippen molar-refractivity contribution in [3.63, 3.8) is 0 Å². The molecule has 0 unspecified atom stereocenters. The summed E-state index contributed by atoms with van der Waals surface area (Å²) >= 11 is 3.41. The molecular formula is C38H60BrClN2O4. The summed E-state index contributed by atoms with van der Waals surface area (Å²) in [6.45, 7) is 18.0. The van der Waals surface area contributed by atoms with Crippen molar-refractivity contribution in [2.45, 2.75) is 104 Å². The lowest BCUT2D eigenvalue weighted by molar-refractivity contribution is -0.664. The summed E-state index contributed by atoms with van der Waals surface area (Å²) in [5.74, 6) is 1.27. The molecule has 8 heteroatoms. The molecule has 0 aliphatic carbocycles. The molecule has 0 radical (unpaired) electrons. The molecule has 2 heterocycles. The van der Waals surface area contributed by atoms with Crippen molar-refractivity contribution in [3.05, 3.63) is 64.1 Å². The Morgan fingerprint density at radius 1 is 0.717 bits per heavy atom. The molecule has 2 N–H and O–H groups in total. The van der Waals surface area contributed by atoms with Gasteiger partial charge >= 0.3 is 11.9 Å². The molecule has 0 aromatic heterocycles. The zero-order chi connectivity index (χ0) is 33.5. The Morgan fingerprint density at radius 3 is 1.50 bits per heavy atom. The highest BCUT2D eigenvalue weighted by atomic mass is 79.9. The van der Waals surface area contributed by atoms with E-state index in [-0.39, 0.29) is 35.2 Å². The first kappa shape index (κ1) is 41.9. The molecule has 2 saturated heterocycles. The third-order valence-electron chi connectivity index (χ3n) is 8.95. The third kappa shape index (κ3) is 16.1. The standard InChI is InChI=1S/C19H29NO2.C10H13Br.C9H17NO2.ClH/c1-19(2,3)16-6-8-17(9-7-16)20-13-11-15(12-14-20)5-10-18(21)22-4;1-10(2,3)8-4-6-9(11)7-5-8;1-12-9(11)3-2-8-4-6-10-7-5-8;/h6-9,15H,5,10-14H2,1-4H3;4-7H,1-3H3;8,10H,2-7H2,1H3;1H. The van der Waals surface area contributed by atoms with Gasteiger partial charge in [0.15, 0.2) is 0 Å². The van der Waals surface area contributed by atoms with Crippen molar-refractivity contribution in [1.82, 2.24) is 0 Å². The Labute approximate surface area is 294 Å². The van der Waals surface area contributed by atoms with Crippen LogP contribution in [0, 0.1) is 11.8 Å². The van der Waals surface area contributed by atoms with E-state index in [2.05, 4.69) is 121 Å². The van der Waals surface area contributed by atoms with Crippen LogP contribution in [0.25, 0.3) is 0 Å². The molecule has 0 saturated carbocycles. The van der Waals surface area contributed by atoms with Crippen molar-refractivity contribution >= 4 is 33.6 Å². The average Bonchev–Trinajstić information content (AvgIpc) is 3.03. The van der Waals surface area contributed by atoms with E-state index < -0.39 is 0 Å². The maximum absolute atomic E-state index is 11.2. The summed E-state index contributed by atoms with van der Waals surface area (Å²) in [5.41, 5.74) is 4.55. The van der Waals surface area contributed by atoms with Crippen LogP contribution in [0.4, 0.5) is 5.69 Å². The average molecular weight is 724 g/mol. The van der Waals surface area contributed by atoms with E-state index in [9.17, 15) is 9.59 Å². The number of hydrogen-bond acceptors (Lipinski definition) is 5. The van der Waals surface area contributed by atoms with Crippen LogP contribution in [0.1, 0.15) is 104 Å². The summed E-state index contributed by atoms with van der Waals surface area (Å²) in [6, 6.07) is 17.5. The number of ether oxygens (including phenoxy) is 2. The molecular weight excluding hydrogens is 664 g/mol. The lowest BCUT2D eigenvalue weighted by Gasteiger charge is -2.34. The maximum Gasteiger partial charge on any atom is 0.305 e. The van der Waals surface area contributed by atoms with Crippen LogP contribution in [-0.4, -0.2) is 52.3 Å². The van der Waals surface area contributed by atoms with Gasteiger partial charge in [0, 0.05) is 36.1 Å². The second-order valence-corrected chi connectivity index (χ2v) is 15.4. The highest BCUT2D eigenvalue weighted by Crippen LogP contribution is 2.29. The number of quaternary nitrogens is 1. The summed E-state index contributed by atoms with van der Waals surface area (Å²) in [4.78, 5) is 24.5. The minimum Gasteiger partial charge on any atom is -1.00 e. The van der Waals surface area contributed by atoms with Crippen LogP contribution in [0.3, 0.4) is 0 Å². The highest BCUT2D eigenvalue weighted by molar-refractivity contribution is 9.10. The fourth-order valence-electron chi connectivity index (χ4n) is 5.73. The molecule has 0 spiro atoms. The molecule has 46 heavy (non-hydrogen) atoms. The van der Waals surface area contributed by atoms with Gasteiger partial charge in [-0.25, -0.2) is 0 Å². The number of rotatable bonds is 7. The zero-order valence-electron chi connectivity index (χ0n) is 29.7. The summed E-state index contributed by atoms with van der Waals surface area (Å²) in [5, 5.41) is 2.34. The van der Waals surface area contributed by atoms with Crippen LogP contribution in [0.5, 0.6) is 0 Å². The van der Waals surface area contributed by atoms with Crippen molar-refractivity contribution < 1.29 is 36.8 Å². The Balaban J connectivity index is 0.000000374. The van der Waals surface area contributed by atoms with Crippen molar-refractivity contribution in [2.75, 3.05) is 45.3 Å². The zero-order valence-corrected chi connectivity index (χ0v) is 32.0. The fraction of sp³-hybridized carbons (Fsp3) is 0.632. The van der Waals surface area contributed by atoms with E-state index in [0.29, 0.717) is 18.8 Å². The SMILES string of the molecule is CC(C)(C)c1ccc(Br)cc1.COC(=O)CCC1CCN(c2ccc(C(C)(C)C)cc2)CC1.COC(=O)CCC1CC[NH2+]CC1.[Cl-]. The first-order valence-corrected chi connectivity index (χ1v) is 17.6. The van der Waals surface area contributed by atoms with Gasteiger partial charge in [-0.05, 0) is 96.6 Å². The number of carbonyl (C=O) groups excluding carboxylic acids is 2. The molecule has 0 atom stereocenters. The highest BCUT2D eigenvalue weighted by Gasteiger charge is 2.21. The Morgan fingerprint density at radius 2 is 1.11 bits per heavy atom. The molecule has 2 aliphatic heterocycles. The monoisotopic (exact) mass is 722 g/mol. The molecule has 2 aromatic carbocycles. The largest absolute Gasteiger partial charge is 1.00 e. The number of carbonyl (C=O) groups is 2. The van der Waals surface area contributed by atoms with Gasteiger partial charge in [-0.3, -0.25) is 9.59 Å². The number of benzene rings is 2. The molecule has 0 bridgehead atoms. The molecule has 260 valence electrons. The van der Waals surface area contributed by atoms with E-state index in [1.54, 1.807) is 0 Å². The predicted molar refractivity (Wildman–Crippen MR) is 190 cm³/mol. The van der Waals surface area contributed by atoms with E-state index >= 15 is 0 Å². The number of methoxy groups -OCH3 is 2. The summed E-state index contributed by atoms with van der Waals surface area (Å²) in [7, 11) is 2.92. The number of nitrogens with zero attached hydrogens (tertiary/aromatic N) is 1. The van der Waals surface area contributed by atoms with Gasteiger partial charge in [0.05, 0.1) is 27.3 Å². The molecule has 2 aromatic rings. The van der Waals surface area contributed by atoms with E-state index in [0.717, 1.165) is 49.2 Å². The minimum atomic E-state index is -0.0831. The second kappa shape index (κ2) is 21.0. The maximum atomic E-state index is 11.2. The van der Waals surface area contributed by atoms with E-state index in [4.69, 9.17) is 4.74 Å². The third-order valence-corrected chi connectivity index (χ3v) is 9.48. The Bertz CT molecular complexity index is 1130. The van der Waals surface area contributed by atoms with Crippen LogP contribution < -0.4 is 22.6 Å². The molecule has 0 amide bonds. The molecule has 4 rings (SSSR count). The molecule has 2 aliphatic rings.